The quantitative estimate of drug-likeness (QED) is 0.948. The van der Waals surface area contributed by atoms with Crippen LogP contribution < -0.4 is 10.2 Å². The van der Waals surface area contributed by atoms with E-state index in [1.165, 1.54) is 0 Å². The Morgan fingerprint density at radius 2 is 1.96 bits per heavy atom. The van der Waals surface area contributed by atoms with Gasteiger partial charge in [-0.25, -0.2) is 0 Å². The third kappa shape index (κ3) is 3.08. The number of carbonyl (C=O) groups excluding carboxylic acids is 2. The maximum absolute atomic E-state index is 12.4. The number of hydrogen-bond acceptors (Lipinski definition) is 3. The van der Waals surface area contributed by atoms with E-state index < -0.39 is 0 Å². The van der Waals surface area contributed by atoms with Crippen LogP contribution in [0.5, 0.6) is 0 Å². The van der Waals surface area contributed by atoms with E-state index in [4.69, 9.17) is 0 Å². The zero-order valence-electron chi connectivity index (χ0n) is 13.2. The van der Waals surface area contributed by atoms with E-state index in [1.807, 2.05) is 32.0 Å². The van der Waals surface area contributed by atoms with Crippen molar-refractivity contribution in [3.8, 4) is 0 Å². The molecule has 1 saturated heterocycles. The first-order valence-corrected chi connectivity index (χ1v) is 7.63. The third-order valence-corrected chi connectivity index (χ3v) is 4.31. The number of rotatable bonds is 3. The second-order valence-electron chi connectivity index (χ2n) is 5.85. The van der Waals surface area contributed by atoms with Gasteiger partial charge in [-0.1, -0.05) is 12.1 Å². The smallest absolute Gasteiger partial charge is 0.229 e. The van der Waals surface area contributed by atoms with Gasteiger partial charge in [0, 0.05) is 36.7 Å². The topological polar surface area (TPSA) is 62.3 Å². The predicted octanol–water partition coefficient (Wildman–Crippen LogP) is 2.69. The largest absolute Gasteiger partial charge is 0.326 e. The second kappa shape index (κ2) is 6.20. The average molecular weight is 309 g/mol. The molecule has 0 bridgehead atoms. The highest BCUT2D eigenvalue weighted by atomic mass is 16.2. The lowest BCUT2D eigenvalue weighted by molar-refractivity contribution is -0.122. The molecule has 2 heterocycles. The summed E-state index contributed by atoms with van der Waals surface area (Å²) in [6, 6.07) is 9.36. The van der Waals surface area contributed by atoms with Crippen LogP contribution in [-0.4, -0.2) is 23.3 Å². The molecule has 1 atom stereocenters. The number of pyridine rings is 1. The summed E-state index contributed by atoms with van der Waals surface area (Å²) >= 11 is 0. The fraction of sp³-hybridized carbons (Fsp3) is 0.278. The van der Waals surface area contributed by atoms with Gasteiger partial charge in [0.2, 0.25) is 11.8 Å². The first-order chi connectivity index (χ1) is 11.1. The summed E-state index contributed by atoms with van der Waals surface area (Å²) in [6.07, 6.45) is 3.49. The predicted molar refractivity (Wildman–Crippen MR) is 89.2 cm³/mol. The first-order valence-electron chi connectivity index (χ1n) is 7.63. The van der Waals surface area contributed by atoms with Gasteiger partial charge in [-0.3, -0.25) is 14.6 Å². The molecular formula is C18H19N3O2. The number of anilines is 2. The molecule has 0 saturated carbocycles. The Bertz CT molecular complexity index is 743. The van der Waals surface area contributed by atoms with Crippen molar-refractivity contribution < 1.29 is 9.59 Å². The van der Waals surface area contributed by atoms with Gasteiger partial charge < -0.3 is 10.2 Å². The van der Waals surface area contributed by atoms with Crippen LogP contribution in [0.3, 0.4) is 0 Å². The van der Waals surface area contributed by atoms with Gasteiger partial charge in [0.15, 0.2) is 0 Å². The highest BCUT2D eigenvalue weighted by Crippen LogP contribution is 2.29. The van der Waals surface area contributed by atoms with Crippen LogP contribution >= 0.6 is 0 Å². The molecule has 1 aromatic carbocycles. The molecule has 3 rings (SSSR count). The van der Waals surface area contributed by atoms with Crippen molar-refractivity contribution in [2.24, 2.45) is 5.92 Å². The molecule has 118 valence electrons. The summed E-state index contributed by atoms with van der Waals surface area (Å²) in [7, 11) is 0. The number of benzene rings is 1. The maximum Gasteiger partial charge on any atom is 0.229 e. The van der Waals surface area contributed by atoms with Crippen molar-refractivity contribution >= 4 is 23.2 Å². The zero-order valence-corrected chi connectivity index (χ0v) is 13.2. The molecule has 0 unspecified atom stereocenters. The van der Waals surface area contributed by atoms with Gasteiger partial charge in [-0.05, 0) is 43.2 Å². The SMILES string of the molecule is Cc1cccc(N2C[C@H](C(=O)Nc3ccncc3)CC2=O)c1C. The van der Waals surface area contributed by atoms with E-state index in [0.29, 0.717) is 12.2 Å². The molecule has 1 fully saturated rings. The molecular weight excluding hydrogens is 290 g/mol. The minimum atomic E-state index is -0.337. The van der Waals surface area contributed by atoms with Crippen molar-refractivity contribution in [1.82, 2.24) is 4.98 Å². The van der Waals surface area contributed by atoms with Crippen molar-refractivity contribution in [2.45, 2.75) is 20.3 Å². The van der Waals surface area contributed by atoms with Crippen molar-refractivity contribution in [3.63, 3.8) is 0 Å². The standard InChI is InChI=1S/C18H19N3O2/c1-12-4-3-5-16(13(12)2)21-11-14(10-17(21)22)18(23)20-15-6-8-19-9-7-15/h3-9,14H,10-11H2,1-2H3,(H,19,20,23)/t14-/m1/s1. The maximum atomic E-state index is 12.4. The number of hydrogen-bond donors (Lipinski definition) is 1. The van der Waals surface area contributed by atoms with E-state index in [1.54, 1.807) is 29.4 Å². The Morgan fingerprint density at radius 1 is 1.22 bits per heavy atom. The Morgan fingerprint density at radius 3 is 2.70 bits per heavy atom. The van der Waals surface area contributed by atoms with Crippen molar-refractivity contribution in [1.29, 1.82) is 0 Å². The average Bonchev–Trinajstić information content (AvgIpc) is 2.93. The number of aryl methyl sites for hydroxylation is 1. The van der Waals surface area contributed by atoms with Crippen molar-refractivity contribution in [2.75, 3.05) is 16.8 Å². The summed E-state index contributed by atoms with van der Waals surface area (Å²) < 4.78 is 0. The second-order valence-corrected chi connectivity index (χ2v) is 5.85. The summed E-state index contributed by atoms with van der Waals surface area (Å²) in [5.74, 6) is -0.471. The Balaban J connectivity index is 1.75. The Kier molecular flexibility index (Phi) is 4.10. The highest BCUT2D eigenvalue weighted by Gasteiger charge is 2.35. The number of nitrogens with zero attached hydrogens (tertiary/aromatic N) is 2. The van der Waals surface area contributed by atoms with Crippen LogP contribution in [0.2, 0.25) is 0 Å². The van der Waals surface area contributed by atoms with Gasteiger partial charge in [-0.2, -0.15) is 0 Å². The number of amides is 2. The summed E-state index contributed by atoms with van der Waals surface area (Å²) in [5, 5.41) is 2.84. The number of nitrogens with one attached hydrogen (secondary N) is 1. The van der Waals surface area contributed by atoms with Gasteiger partial charge in [0.25, 0.3) is 0 Å². The lowest BCUT2D eigenvalue weighted by atomic mass is 10.1. The third-order valence-electron chi connectivity index (χ3n) is 4.31. The van der Waals surface area contributed by atoms with Crippen LogP contribution in [0.4, 0.5) is 11.4 Å². The van der Waals surface area contributed by atoms with E-state index in [0.717, 1.165) is 16.8 Å². The minimum absolute atomic E-state index is 0.00595. The molecule has 0 radical (unpaired) electrons. The minimum Gasteiger partial charge on any atom is -0.326 e. The molecule has 2 amide bonds. The monoisotopic (exact) mass is 309 g/mol. The molecule has 1 aliphatic rings. The van der Waals surface area contributed by atoms with Gasteiger partial charge in [0.1, 0.15) is 0 Å². The van der Waals surface area contributed by atoms with Crippen molar-refractivity contribution in [3.05, 3.63) is 53.9 Å². The summed E-state index contributed by atoms with van der Waals surface area (Å²) in [5.41, 5.74) is 3.81. The molecule has 1 aliphatic heterocycles. The number of aromatic nitrogens is 1. The molecule has 5 nitrogen and oxygen atoms in total. The van der Waals surface area contributed by atoms with Crippen LogP contribution in [0.15, 0.2) is 42.7 Å². The molecule has 0 aliphatic carbocycles. The fourth-order valence-corrected chi connectivity index (χ4v) is 2.82. The van der Waals surface area contributed by atoms with Crippen LogP contribution in [-0.2, 0) is 9.59 Å². The lowest BCUT2D eigenvalue weighted by Gasteiger charge is -2.20. The normalized spacial score (nSPS) is 17.4. The van der Waals surface area contributed by atoms with Crippen LogP contribution in [0.25, 0.3) is 0 Å². The molecule has 23 heavy (non-hydrogen) atoms. The van der Waals surface area contributed by atoms with Gasteiger partial charge in [-0.15, -0.1) is 0 Å². The van der Waals surface area contributed by atoms with Crippen LogP contribution in [0.1, 0.15) is 17.5 Å². The van der Waals surface area contributed by atoms with E-state index >= 15 is 0 Å². The summed E-state index contributed by atoms with van der Waals surface area (Å²) in [4.78, 5) is 30.4. The number of carbonyl (C=O) groups is 2. The highest BCUT2D eigenvalue weighted by molar-refractivity contribution is 6.03. The lowest BCUT2D eigenvalue weighted by Crippen LogP contribution is -2.28. The Labute approximate surface area is 135 Å². The van der Waals surface area contributed by atoms with Gasteiger partial charge in [0.05, 0.1) is 5.92 Å². The van der Waals surface area contributed by atoms with Gasteiger partial charge >= 0.3 is 0 Å². The molecule has 5 heteroatoms. The van der Waals surface area contributed by atoms with Crippen LogP contribution in [0, 0.1) is 19.8 Å². The van der Waals surface area contributed by atoms with E-state index in [2.05, 4.69) is 10.3 Å². The first kappa shape index (κ1) is 15.2. The zero-order chi connectivity index (χ0) is 16.4. The molecule has 2 aromatic rings. The molecule has 1 aromatic heterocycles. The molecule has 0 spiro atoms. The van der Waals surface area contributed by atoms with E-state index in [-0.39, 0.29) is 24.2 Å². The Hall–Kier alpha value is -2.69. The van der Waals surface area contributed by atoms with E-state index in [9.17, 15) is 9.59 Å². The summed E-state index contributed by atoms with van der Waals surface area (Å²) in [6.45, 7) is 4.44. The fourth-order valence-electron chi connectivity index (χ4n) is 2.82. The molecule has 1 N–H and O–H groups in total.